The number of hydrogen-bond donors (Lipinski definition) is 3. The summed E-state index contributed by atoms with van der Waals surface area (Å²) in [5.41, 5.74) is 5.17. The van der Waals surface area contributed by atoms with Crippen LogP contribution in [0.25, 0.3) is 0 Å². The molecule has 0 aromatic carbocycles. The summed E-state index contributed by atoms with van der Waals surface area (Å²) in [4.78, 5) is 15.9. The number of rotatable bonds is 2. The lowest BCUT2D eigenvalue weighted by molar-refractivity contribution is 0.561. The molecule has 0 unspecified atom stereocenters. The van der Waals surface area contributed by atoms with Crippen molar-refractivity contribution in [3.05, 3.63) is 6.20 Å². The first-order valence-electron chi connectivity index (χ1n) is 2.27. The van der Waals surface area contributed by atoms with Gasteiger partial charge in [0.2, 0.25) is 0 Å². The van der Waals surface area contributed by atoms with E-state index in [1.165, 1.54) is 12.6 Å². The Hall–Kier alpha value is -1.52. The minimum atomic E-state index is 0.271. The van der Waals surface area contributed by atoms with Gasteiger partial charge in [-0.25, -0.2) is 0 Å². The van der Waals surface area contributed by atoms with Crippen LogP contribution in [-0.4, -0.2) is 16.4 Å². The molecule has 4 N–H and O–H groups in total. The smallest absolute Gasteiger partial charge is 0.315 e. The Kier molecular flexibility index (Phi) is 1.35. The van der Waals surface area contributed by atoms with Gasteiger partial charge in [-0.3, -0.25) is 4.79 Å². The summed E-state index contributed by atoms with van der Waals surface area (Å²) in [6.07, 6.45) is 2.93. The summed E-state index contributed by atoms with van der Waals surface area (Å²) >= 11 is 0. The standard InChI is InChI=1S/C4H5N4O/c5-4-6-1-3(8-4)7-2-9/h1H,(H,7,9)(H3,5,6,8). The molecule has 1 radical (unpaired) electrons. The van der Waals surface area contributed by atoms with Crippen LogP contribution in [0.2, 0.25) is 0 Å². The number of H-pyrrole nitrogens is 1. The number of nitrogens with zero attached hydrogens (tertiary/aromatic N) is 1. The fourth-order valence-electron chi connectivity index (χ4n) is 0.453. The van der Waals surface area contributed by atoms with Crippen LogP contribution in [0, 0.1) is 0 Å². The lowest BCUT2D eigenvalue weighted by Gasteiger charge is -1.82. The molecule has 47 valence electrons. The third-order valence-corrected chi connectivity index (χ3v) is 0.777. The van der Waals surface area contributed by atoms with Crippen molar-refractivity contribution >= 4 is 18.2 Å². The van der Waals surface area contributed by atoms with Crippen LogP contribution in [0.15, 0.2) is 6.20 Å². The molecule has 1 aromatic rings. The van der Waals surface area contributed by atoms with Crippen molar-refractivity contribution < 1.29 is 4.79 Å². The van der Waals surface area contributed by atoms with E-state index >= 15 is 0 Å². The van der Waals surface area contributed by atoms with E-state index in [0.717, 1.165) is 0 Å². The van der Waals surface area contributed by atoms with Crippen LogP contribution in [0.5, 0.6) is 0 Å². The molecule has 9 heavy (non-hydrogen) atoms. The summed E-state index contributed by atoms with van der Waals surface area (Å²) in [5, 5.41) is 2.20. The molecule has 0 aliphatic rings. The highest BCUT2D eigenvalue weighted by Crippen LogP contribution is 2.00. The second kappa shape index (κ2) is 2.17. The van der Waals surface area contributed by atoms with Crippen LogP contribution in [0.4, 0.5) is 11.8 Å². The lowest BCUT2D eigenvalue weighted by Crippen LogP contribution is -1.93. The Morgan fingerprint density at radius 1 is 1.89 bits per heavy atom. The SMILES string of the molecule is Nc1nc(N[C]=O)c[nH]1. The number of nitrogens with one attached hydrogen (secondary N) is 2. The molecule has 1 heterocycles. The summed E-state index contributed by atoms with van der Waals surface area (Å²) in [6.45, 7) is 0. The lowest BCUT2D eigenvalue weighted by atomic mass is 10.8. The maximum absolute atomic E-state index is 9.65. The number of carbonyl (C=O) groups excluding carboxylic acids is 1. The van der Waals surface area contributed by atoms with Crippen LogP contribution in [-0.2, 0) is 4.79 Å². The Bertz CT molecular complexity index is 206. The van der Waals surface area contributed by atoms with Gasteiger partial charge in [0, 0.05) is 6.20 Å². The maximum atomic E-state index is 9.65. The molecule has 0 bridgehead atoms. The zero-order chi connectivity index (χ0) is 6.69. The molecule has 0 saturated heterocycles. The van der Waals surface area contributed by atoms with E-state index in [9.17, 15) is 4.79 Å². The molecule has 0 aliphatic heterocycles. The first-order chi connectivity index (χ1) is 4.33. The van der Waals surface area contributed by atoms with Crippen LogP contribution >= 0.6 is 0 Å². The Balaban J connectivity index is 2.72. The van der Waals surface area contributed by atoms with Gasteiger partial charge < -0.3 is 16.0 Å². The molecule has 0 atom stereocenters. The average Bonchev–Trinajstić information content (AvgIpc) is 2.17. The van der Waals surface area contributed by atoms with Gasteiger partial charge in [-0.15, -0.1) is 0 Å². The van der Waals surface area contributed by atoms with Crippen LogP contribution < -0.4 is 11.1 Å². The molecular weight excluding hydrogens is 120 g/mol. The average molecular weight is 125 g/mol. The normalized spacial score (nSPS) is 8.89. The molecule has 0 aliphatic carbocycles. The van der Waals surface area contributed by atoms with Crippen molar-refractivity contribution in [1.29, 1.82) is 0 Å². The monoisotopic (exact) mass is 125 g/mol. The van der Waals surface area contributed by atoms with Crippen molar-refractivity contribution in [1.82, 2.24) is 9.97 Å². The van der Waals surface area contributed by atoms with Gasteiger partial charge in [-0.2, -0.15) is 4.98 Å². The minimum absolute atomic E-state index is 0.271. The largest absolute Gasteiger partial charge is 0.369 e. The molecule has 0 fully saturated rings. The van der Waals surface area contributed by atoms with Crippen molar-refractivity contribution in [3.8, 4) is 0 Å². The molecule has 5 nitrogen and oxygen atoms in total. The number of aromatic nitrogens is 2. The molecular formula is C4H5N4O. The molecule has 1 amide bonds. The van der Waals surface area contributed by atoms with Crippen molar-refractivity contribution in [2.45, 2.75) is 0 Å². The van der Waals surface area contributed by atoms with Gasteiger partial charge in [0.15, 0.2) is 11.8 Å². The number of hydrogen-bond acceptors (Lipinski definition) is 3. The van der Waals surface area contributed by atoms with Gasteiger partial charge in [0.1, 0.15) is 0 Å². The van der Waals surface area contributed by atoms with Crippen molar-refractivity contribution in [2.75, 3.05) is 11.1 Å². The van der Waals surface area contributed by atoms with Gasteiger partial charge in [0.25, 0.3) is 0 Å². The fourth-order valence-corrected chi connectivity index (χ4v) is 0.453. The van der Waals surface area contributed by atoms with E-state index in [1.54, 1.807) is 0 Å². The predicted octanol–water partition coefficient (Wildman–Crippen LogP) is -0.529. The van der Waals surface area contributed by atoms with Crippen LogP contribution in [0.3, 0.4) is 0 Å². The highest BCUT2D eigenvalue weighted by molar-refractivity contribution is 5.69. The maximum Gasteiger partial charge on any atom is 0.315 e. The van der Waals surface area contributed by atoms with E-state index in [2.05, 4.69) is 15.3 Å². The molecule has 0 saturated carbocycles. The van der Waals surface area contributed by atoms with E-state index in [-0.39, 0.29) is 5.95 Å². The van der Waals surface area contributed by atoms with Gasteiger partial charge in [0.05, 0.1) is 0 Å². The summed E-state index contributed by atoms with van der Waals surface area (Å²) in [5.74, 6) is 0.648. The minimum Gasteiger partial charge on any atom is -0.369 e. The number of nitrogens with two attached hydrogens (primary N) is 1. The number of amides is 1. The molecule has 1 rings (SSSR count). The highest BCUT2D eigenvalue weighted by atomic mass is 16.1. The zero-order valence-electron chi connectivity index (χ0n) is 4.51. The second-order valence-electron chi connectivity index (χ2n) is 1.40. The highest BCUT2D eigenvalue weighted by Gasteiger charge is 1.92. The van der Waals surface area contributed by atoms with Gasteiger partial charge >= 0.3 is 6.41 Å². The summed E-state index contributed by atoms with van der Waals surface area (Å²) in [6, 6.07) is 0. The first kappa shape index (κ1) is 5.61. The van der Waals surface area contributed by atoms with Crippen molar-refractivity contribution in [3.63, 3.8) is 0 Å². The Labute approximate surface area is 51.3 Å². The van der Waals surface area contributed by atoms with E-state index in [0.29, 0.717) is 5.82 Å². The van der Waals surface area contributed by atoms with Gasteiger partial charge in [-0.05, 0) is 0 Å². The quantitative estimate of drug-likeness (QED) is 0.464. The molecule has 0 spiro atoms. The van der Waals surface area contributed by atoms with E-state index < -0.39 is 0 Å². The number of nitrogen functional groups attached to an aromatic ring is 1. The van der Waals surface area contributed by atoms with Crippen molar-refractivity contribution in [2.24, 2.45) is 0 Å². The summed E-state index contributed by atoms with van der Waals surface area (Å²) < 4.78 is 0. The fraction of sp³-hybridized carbons (Fsp3) is 0. The second-order valence-corrected chi connectivity index (χ2v) is 1.40. The molecule has 1 aromatic heterocycles. The zero-order valence-corrected chi connectivity index (χ0v) is 4.51. The number of aromatic amines is 1. The number of imidazole rings is 1. The Morgan fingerprint density at radius 2 is 2.67 bits per heavy atom. The first-order valence-corrected chi connectivity index (χ1v) is 2.27. The topological polar surface area (TPSA) is 83.8 Å². The Morgan fingerprint density at radius 3 is 3.11 bits per heavy atom. The van der Waals surface area contributed by atoms with Crippen LogP contribution in [0.1, 0.15) is 0 Å². The predicted molar refractivity (Wildman–Crippen MR) is 32.3 cm³/mol. The van der Waals surface area contributed by atoms with E-state index in [1.807, 2.05) is 0 Å². The number of anilines is 2. The third-order valence-electron chi connectivity index (χ3n) is 0.777. The van der Waals surface area contributed by atoms with Gasteiger partial charge in [-0.1, -0.05) is 0 Å². The van der Waals surface area contributed by atoms with E-state index in [4.69, 9.17) is 5.73 Å². The molecule has 5 heteroatoms. The summed E-state index contributed by atoms with van der Waals surface area (Å²) in [7, 11) is 0. The third kappa shape index (κ3) is 1.18.